The molecule has 0 unspecified atom stereocenters. The molecule has 0 aliphatic heterocycles. The number of nitrogens with zero attached hydrogens (tertiary/aromatic N) is 3. The average Bonchev–Trinajstić information content (AvgIpc) is 3.36. The number of carbonyl (C=O) groups is 1. The Morgan fingerprint density at radius 1 is 1.19 bits per heavy atom. The number of rotatable bonds is 4. The van der Waals surface area contributed by atoms with Crippen LogP contribution in [-0.4, -0.2) is 36.3 Å². The van der Waals surface area contributed by atoms with Crippen molar-refractivity contribution in [1.82, 2.24) is 8.87 Å². The van der Waals surface area contributed by atoms with Crippen molar-refractivity contribution in [3.05, 3.63) is 57.3 Å². The third kappa shape index (κ3) is 4.22. The lowest BCUT2D eigenvalue weighted by Gasteiger charge is -2.23. The summed E-state index contributed by atoms with van der Waals surface area (Å²) in [5.74, 6) is -0.418. The molecule has 0 bridgehead atoms. The molecule has 1 fully saturated rings. The van der Waals surface area contributed by atoms with E-state index >= 15 is 0 Å². The number of hydrogen-bond acceptors (Lipinski definition) is 4. The van der Waals surface area contributed by atoms with Crippen LogP contribution in [-0.2, 0) is 17.1 Å². The van der Waals surface area contributed by atoms with Gasteiger partial charge in [0.05, 0.1) is 15.1 Å². The van der Waals surface area contributed by atoms with Gasteiger partial charge in [-0.15, -0.1) is 0 Å². The number of benzene rings is 2. The molecule has 0 atom stereocenters. The third-order valence-corrected chi connectivity index (χ3v) is 9.09. The summed E-state index contributed by atoms with van der Waals surface area (Å²) in [4.78, 5) is 17.8. The Balaban J connectivity index is 1.63. The SMILES string of the molecule is Cc1cc(Cl)cc2sc(=NC(=O)c3ccc(S(=O)(=O)N(C)C4CCCC4)cc3)n(C)c12. The standard InChI is InChI=1S/C22H24ClN3O3S2/c1-14-12-16(23)13-19-20(14)25(2)22(30-19)24-21(27)15-8-10-18(11-9-15)31(28,29)26(3)17-6-4-5-7-17/h8-13,17H,4-7H2,1-3H3. The molecular weight excluding hydrogens is 454 g/mol. The van der Waals surface area contributed by atoms with Gasteiger partial charge in [0.2, 0.25) is 10.0 Å². The molecule has 2 aromatic carbocycles. The van der Waals surface area contributed by atoms with E-state index in [0.717, 1.165) is 41.5 Å². The first-order valence-corrected chi connectivity index (χ1v) is 12.7. The van der Waals surface area contributed by atoms with Gasteiger partial charge >= 0.3 is 0 Å². The summed E-state index contributed by atoms with van der Waals surface area (Å²) in [7, 11) is -0.0840. The highest BCUT2D eigenvalue weighted by Crippen LogP contribution is 2.28. The molecule has 1 saturated carbocycles. The van der Waals surface area contributed by atoms with Gasteiger partial charge in [0.25, 0.3) is 5.91 Å². The van der Waals surface area contributed by atoms with E-state index in [-0.39, 0.29) is 10.9 Å². The Morgan fingerprint density at radius 2 is 1.84 bits per heavy atom. The normalized spacial score (nSPS) is 16.0. The van der Waals surface area contributed by atoms with Crippen molar-refractivity contribution in [3.8, 4) is 0 Å². The van der Waals surface area contributed by atoms with E-state index < -0.39 is 15.9 Å². The van der Waals surface area contributed by atoms with Crippen LogP contribution in [0.4, 0.5) is 0 Å². The Hall–Kier alpha value is -2.00. The molecular formula is C22H24ClN3O3S2. The predicted molar refractivity (Wildman–Crippen MR) is 124 cm³/mol. The number of sulfonamides is 1. The van der Waals surface area contributed by atoms with E-state index in [2.05, 4.69) is 4.99 Å². The smallest absolute Gasteiger partial charge is 0.279 e. The number of halogens is 1. The number of carbonyl (C=O) groups excluding carboxylic acids is 1. The molecule has 0 radical (unpaired) electrons. The molecule has 1 aliphatic rings. The van der Waals surface area contributed by atoms with Crippen molar-refractivity contribution in [2.75, 3.05) is 7.05 Å². The molecule has 1 heterocycles. The van der Waals surface area contributed by atoms with Crippen LogP contribution in [0.2, 0.25) is 5.02 Å². The number of amides is 1. The first-order valence-electron chi connectivity index (χ1n) is 10.1. The minimum atomic E-state index is -3.58. The van der Waals surface area contributed by atoms with Crippen LogP contribution in [0.15, 0.2) is 46.3 Å². The Labute approximate surface area is 190 Å². The number of aryl methyl sites for hydroxylation is 2. The van der Waals surface area contributed by atoms with Crippen molar-refractivity contribution in [1.29, 1.82) is 0 Å². The van der Waals surface area contributed by atoms with Crippen molar-refractivity contribution < 1.29 is 13.2 Å². The van der Waals surface area contributed by atoms with E-state index in [0.29, 0.717) is 15.4 Å². The molecule has 9 heteroatoms. The van der Waals surface area contributed by atoms with Crippen molar-refractivity contribution in [2.24, 2.45) is 12.0 Å². The first kappa shape index (κ1) is 22.2. The Morgan fingerprint density at radius 3 is 2.48 bits per heavy atom. The highest BCUT2D eigenvalue weighted by atomic mass is 35.5. The summed E-state index contributed by atoms with van der Waals surface area (Å²) in [6.45, 7) is 1.97. The van der Waals surface area contributed by atoms with E-state index in [4.69, 9.17) is 11.6 Å². The van der Waals surface area contributed by atoms with E-state index in [1.165, 1.54) is 39.9 Å². The molecule has 3 aromatic rings. The second-order valence-corrected chi connectivity index (χ2v) is 11.4. The zero-order valence-corrected chi connectivity index (χ0v) is 20.0. The van der Waals surface area contributed by atoms with Crippen LogP contribution in [0.25, 0.3) is 10.2 Å². The molecule has 1 aromatic heterocycles. The molecule has 164 valence electrons. The molecule has 0 spiro atoms. The van der Waals surface area contributed by atoms with Crippen molar-refractivity contribution in [2.45, 2.75) is 43.5 Å². The maximum Gasteiger partial charge on any atom is 0.279 e. The van der Waals surface area contributed by atoms with E-state index in [1.54, 1.807) is 7.05 Å². The highest BCUT2D eigenvalue weighted by Gasteiger charge is 2.30. The lowest BCUT2D eigenvalue weighted by Crippen LogP contribution is -2.35. The fraction of sp³-hybridized carbons (Fsp3) is 0.364. The fourth-order valence-electron chi connectivity index (χ4n) is 4.12. The molecule has 4 rings (SSSR count). The van der Waals surface area contributed by atoms with Crippen LogP contribution < -0.4 is 4.80 Å². The van der Waals surface area contributed by atoms with Gasteiger partial charge in [-0.25, -0.2) is 8.42 Å². The lowest BCUT2D eigenvalue weighted by atomic mass is 10.2. The van der Waals surface area contributed by atoms with Gasteiger partial charge in [0.1, 0.15) is 0 Å². The van der Waals surface area contributed by atoms with Gasteiger partial charge in [-0.1, -0.05) is 35.8 Å². The largest absolute Gasteiger partial charge is 0.319 e. The zero-order valence-electron chi connectivity index (χ0n) is 17.6. The summed E-state index contributed by atoms with van der Waals surface area (Å²) < 4.78 is 30.1. The second-order valence-electron chi connectivity index (χ2n) is 7.91. The summed E-state index contributed by atoms with van der Waals surface area (Å²) in [5, 5.41) is 0.643. The van der Waals surface area contributed by atoms with Gasteiger partial charge in [-0.05, 0) is 61.7 Å². The van der Waals surface area contributed by atoms with Crippen molar-refractivity contribution in [3.63, 3.8) is 0 Å². The topological polar surface area (TPSA) is 71.7 Å². The molecule has 1 amide bonds. The number of fused-ring (bicyclic) bond motifs is 1. The second kappa shape index (κ2) is 8.50. The van der Waals surface area contributed by atoms with Gasteiger partial charge in [0, 0.05) is 30.7 Å². The third-order valence-electron chi connectivity index (χ3n) is 5.87. The molecule has 1 aliphatic carbocycles. The lowest BCUT2D eigenvalue weighted by molar-refractivity contribution is 0.0998. The molecule has 0 saturated heterocycles. The van der Waals surface area contributed by atoms with Crippen LogP contribution in [0.3, 0.4) is 0 Å². The van der Waals surface area contributed by atoms with Gasteiger partial charge in [0.15, 0.2) is 4.80 Å². The fourth-order valence-corrected chi connectivity index (χ4v) is 7.01. The molecule has 6 nitrogen and oxygen atoms in total. The number of thiazole rings is 1. The maximum absolute atomic E-state index is 12.9. The minimum absolute atomic E-state index is 0.0474. The monoisotopic (exact) mass is 477 g/mol. The van der Waals surface area contributed by atoms with Crippen LogP contribution in [0.5, 0.6) is 0 Å². The summed E-state index contributed by atoms with van der Waals surface area (Å²) in [6.07, 6.45) is 3.89. The van der Waals surface area contributed by atoms with Crippen LogP contribution in [0.1, 0.15) is 41.6 Å². The van der Waals surface area contributed by atoms with E-state index in [1.807, 2.05) is 30.7 Å². The molecule has 31 heavy (non-hydrogen) atoms. The van der Waals surface area contributed by atoms with Crippen LogP contribution in [0, 0.1) is 6.92 Å². The quantitative estimate of drug-likeness (QED) is 0.555. The average molecular weight is 478 g/mol. The minimum Gasteiger partial charge on any atom is -0.319 e. The highest BCUT2D eigenvalue weighted by molar-refractivity contribution is 7.89. The Bertz CT molecular complexity index is 1320. The summed E-state index contributed by atoms with van der Waals surface area (Å²) in [6, 6.07) is 9.80. The zero-order chi connectivity index (χ0) is 22.3. The van der Waals surface area contributed by atoms with Crippen LogP contribution >= 0.6 is 22.9 Å². The maximum atomic E-state index is 12.9. The van der Waals surface area contributed by atoms with Gasteiger partial charge in [-0.3, -0.25) is 4.79 Å². The van der Waals surface area contributed by atoms with E-state index in [9.17, 15) is 13.2 Å². The summed E-state index contributed by atoms with van der Waals surface area (Å²) >= 11 is 7.54. The number of hydrogen-bond donors (Lipinski definition) is 0. The number of aromatic nitrogens is 1. The van der Waals surface area contributed by atoms with Gasteiger partial charge in [-0.2, -0.15) is 9.30 Å². The summed E-state index contributed by atoms with van der Waals surface area (Å²) in [5.41, 5.74) is 2.34. The first-order chi connectivity index (χ1) is 14.7. The Kier molecular flexibility index (Phi) is 6.09. The predicted octanol–water partition coefficient (Wildman–Crippen LogP) is 4.51. The molecule has 0 N–H and O–H groups in total. The van der Waals surface area contributed by atoms with Gasteiger partial charge < -0.3 is 4.57 Å². The van der Waals surface area contributed by atoms with Crippen molar-refractivity contribution >= 4 is 49.1 Å².